The molecule has 164 valence electrons. The van der Waals surface area contributed by atoms with Gasteiger partial charge >= 0.3 is 0 Å². The molecule has 0 bridgehead atoms. The van der Waals surface area contributed by atoms with Crippen molar-refractivity contribution in [1.29, 1.82) is 0 Å². The van der Waals surface area contributed by atoms with Crippen LogP contribution >= 0.6 is 0 Å². The summed E-state index contributed by atoms with van der Waals surface area (Å²) >= 11 is 0. The minimum absolute atomic E-state index is 0.0900. The third kappa shape index (κ3) is 4.06. The fourth-order valence-corrected chi connectivity index (χ4v) is 3.98. The van der Waals surface area contributed by atoms with Gasteiger partial charge in [-0.25, -0.2) is 14.4 Å². The average molecular weight is 434 g/mol. The van der Waals surface area contributed by atoms with Crippen LogP contribution < -0.4 is 15.4 Å². The van der Waals surface area contributed by atoms with Crippen molar-refractivity contribution in [2.75, 3.05) is 36.8 Å². The molecule has 1 atom stereocenters. The van der Waals surface area contributed by atoms with E-state index >= 15 is 0 Å². The van der Waals surface area contributed by atoms with Crippen molar-refractivity contribution in [2.24, 2.45) is 0 Å². The van der Waals surface area contributed by atoms with Gasteiger partial charge in [0.25, 0.3) is 6.01 Å². The summed E-state index contributed by atoms with van der Waals surface area (Å²) in [5.41, 5.74) is 7.88. The quantitative estimate of drug-likeness (QED) is 0.504. The van der Waals surface area contributed by atoms with Crippen LogP contribution in [-0.2, 0) is 0 Å². The fraction of sp³-hybridized carbons (Fsp3) is 0.261. The van der Waals surface area contributed by atoms with E-state index < -0.39 is 0 Å². The minimum Gasteiger partial charge on any atom is -0.436 e. The van der Waals surface area contributed by atoms with Crippen LogP contribution in [0.3, 0.4) is 0 Å². The molecule has 0 spiro atoms. The third-order valence-electron chi connectivity index (χ3n) is 5.78. The zero-order chi connectivity index (χ0) is 22.1. The minimum atomic E-state index is -0.212. The fourth-order valence-electron chi connectivity index (χ4n) is 3.98. The maximum absolute atomic E-state index is 13.2. The number of rotatable bonds is 5. The number of hydrogen-bond acceptors (Lipinski definition) is 8. The van der Waals surface area contributed by atoms with Gasteiger partial charge in [-0.15, -0.1) is 0 Å². The number of oxazole rings is 1. The Labute approximate surface area is 184 Å². The van der Waals surface area contributed by atoms with Crippen molar-refractivity contribution in [2.45, 2.75) is 13.0 Å². The predicted octanol–water partition coefficient (Wildman–Crippen LogP) is 4.01. The highest BCUT2D eigenvalue weighted by Gasteiger charge is 2.23. The largest absolute Gasteiger partial charge is 0.436 e. The summed E-state index contributed by atoms with van der Waals surface area (Å²) in [5.74, 6) is 1.53. The number of para-hydroxylation sites is 1. The molecular weight excluding hydrogens is 411 g/mol. The number of ether oxygens (including phenoxy) is 1. The molecule has 32 heavy (non-hydrogen) atoms. The maximum Gasteiger partial charge on any atom is 0.293 e. The second-order valence-electron chi connectivity index (χ2n) is 7.72. The lowest BCUT2D eigenvalue weighted by Crippen LogP contribution is -2.47. The van der Waals surface area contributed by atoms with Gasteiger partial charge in [-0.3, -0.25) is 4.90 Å². The van der Waals surface area contributed by atoms with Crippen molar-refractivity contribution >= 4 is 22.9 Å². The van der Waals surface area contributed by atoms with Gasteiger partial charge in [0.2, 0.25) is 5.88 Å². The highest BCUT2D eigenvalue weighted by Crippen LogP contribution is 2.31. The van der Waals surface area contributed by atoms with E-state index in [0.717, 1.165) is 37.6 Å². The molecule has 5 rings (SSSR count). The van der Waals surface area contributed by atoms with Gasteiger partial charge in [-0.1, -0.05) is 18.2 Å². The molecular formula is C23H23FN6O2. The first-order valence-electron chi connectivity index (χ1n) is 10.5. The Kier molecular flexibility index (Phi) is 5.32. The Bertz CT molecular complexity index is 1220. The first kappa shape index (κ1) is 20.2. The summed E-state index contributed by atoms with van der Waals surface area (Å²) in [6.45, 7) is 5.53. The van der Waals surface area contributed by atoms with E-state index in [0.29, 0.717) is 22.7 Å². The number of hydrogen-bond donors (Lipinski definition) is 1. The predicted molar refractivity (Wildman–Crippen MR) is 119 cm³/mol. The van der Waals surface area contributed by atoms with E-state index in [-0.39, 0.29) is 17.9 Å². The highest BCUT2D eigenvalue weighted by atomic mass is 19.1. The van der Waals surface area contributed by atoms with Gasteiger partial charge in [0, 0.05) is 38.3 Å². The second kappa shape index (κ2) is 8.43. The number of anilines is 2. The summed E-state index contributed by atoms with van der Waals surface area (Å²) in [5, 5.41) is 0. The van der Waals surface area contributed by atoms with Crippen LogP contribution in [0.4, 0.5) is 16.2 Å². The molecule has 1 unspecified atom stereocenters. The Balaban J connectivity index is 1.26. The molecule has 0 radical (unpaired) electrons. The van der Waals surface area contributed by atoms with Crippen molar-refractivity contribution in [3.05, 3.63) is 66.2 Å². The number of nitrogen functional groups attached to an aromatic ring is 1. The summed E-state index contributed by atoms with van der Waals surface area (Å²) < 4.78 is 24.5. The molecule has 0 saturated carbocycles. The summed E-state index contributed by atoms with van der Waals surface area (Å²) in [6.07, 6.45) is 1.50. The number of nitrogens with two attached hydrogens (primary N) is 1. The van der Waals surface area contributed by atoms with Crippen LogP contribution in [0.2, 0.25) is 0 Å². The highest BCUT2D eigenvalue weighted by molar-refractivity contribution is 5.81. The van der Waals surface area contributed by atoms with Crippen LogP contribution in [0.5, 0.6) is 11.6 Å². The van der Waals surface area contributed by atoms with Crippen molar-refractivity contribution < 1.29 is 13.5 Å². The normalized spacial score (nSPS) is 15.8. The Hall–Kier alpha value is -3.72. The topological polar surface area (TPSA) is 93.5 Å². The number of benzene rings is 2. The van der Waals surface area contributed by atoms with Crippen molar-refractivity contribution in [1.82, 2.24) is 19.9 Å². The Morgan fingerprint density at radius 2 is 1.84 bits per heavy atom. The van der Waals surface area contributed by atoms with E-state index in [1.807, 2.05) is 24.3 Å². The lowest BCUT2D eigenvalue weighted by Gasteiger charge is -2.38. The van der Waals surface area contributed by atoms with Crippen LogP contribution in [-0.4, -0.2) is 46.0 Å². The molecule has 0 amide bonds. The van der Waals surface area contributed by atoms with E-state index in [2.05, 4.69) is 31.7 Å². The second-order valence-corrected chi connectivity index (χ2v) is 7.72. The van der Waals surface area contributed by atoms with Crippen LogP contribution in [0.1, 0.15) is 18.5 Å². The van der Waals surface area contributed by atoms with Crippen LogP contribution in [0.25, 0.3) is 11.1 Å². The molecule has 2 aromatic carbocycles. The Morgan fingerprint density at radius 1 is 1.06 bits per heavy atom. The average Bonchev–Trinajstić information content (AvgIpc) is 3.21. The number of piperazine rings is 1. The molecule has 1 saturated heterocycles. The molecule has 2 N–H and O–H groups in total. The summed E-state index contributed by atoms with van der Waals surface area (Å²) in [6, 6.07) is 14.2. The summed E-state index contributed by atoms with van der Waals surface area (Å²) in [7, 11) is 0. The summed E-state index contributed by atoms with van der Waals surface area (Å²) in [4.78, 5) is 17.4. The zero-order valence-electron chi connectivity index (χ0n) is 17.6. The SMILES string of the molecule is CC(c1ccc(F)cc1)N1CCN(c2cc(Oc3cccc4oc(N)nc34)ncn2)CC1. The molecule has 3 heterocycles. The van der Waals surface area contributed by atoms with E-state index in [9.17, 15) is 4.39 Å². The van der Waals surface area contributed by atoms with Gasteiger partial charge in [-0.05, 0) is 36.8 Å². The van der Waals surface area contributed by atoms with Gasteiger partial charge < -0.3 is 19.8 Å². The van der Waals surface area contributed by atoms with Gasteiger partial charge in [0.05, 0.1) is 0 Å². The lowest BCUT2D eigenvalue weighted by atomic mass is 10.1. The smallest absolute Gasteiger partial charge is 0.293 e. The maximum atomic E-state index is 13.2. The molecule has 1 aliphatic rings. The first-order valence-corrected chi connectivity index (χ1v) is 10.5. The van der Waals surface area contributed by atoms with E-state index in [1.54, 1.807) is 12.1 Å². The van der Waals surface area contributed by atoms with E-state index in [4.69, 9.17) is 14.9 Å². The molecule has 2 aromatic heterocycles. The molecule has 4 aromatic rings. The number of halogens is 1. The van der Waals surface area contributed by atoms with Gasteiger partial charge in [-0.2, -0.15) is 4.98 Å². The third-order valence-corrected chi connectivity index (χ3v) is 5.78. The molecule has 1 aliphatic heterocycles. The lowest BCUT2D eigenvalue weighted by molar-refractivity contribution is 0.198. The first-order chi connectivity index (χ1) is 15.6. The zero-order valence-corrected chi connectivity index (χ0v) is 17.6. The number of nitrogens with zero attached hydrogens (tertiary/aromatic N) is 5. The van der Waals surface area contributed by atoms with Crippen LogP contribution in [0, 0.1) is 5.82 Å². The van der Waals surface area contributed by atoms with Gasteiger partial charge in [0.15, 0.2) is 16.8 Å². The van der Waals surface area contributed by atoms with Crippen molar-refractivity contribution in [3.63, 3.8) is 0 Å². The molecule has 1 fully saturated rings. The van der Waals surface area contributed by atoms with Crippen LogP contribution in [0.15, 0.2) is 59.3 Å². The Morgan fingerprint density at radius 3 is 2.62 bits per heavy atom. The molecule has 0 aliphatic carbocycles. The molecule has 8 nitrogen and oxygen atoms in total. The number of fused-ring (bicyclic) bond motifs is 1. The van der Waals surface area contributed by atoms with E-state index in [1.165, 1.54) is 18.5 Å². The standard InChI is InChI=1S/C23H23FN6O2/c1-15(16-5-7-17(24)8-6-16)29-9-11-30(12-10-29)20-13-21(27-14-26-20)31-18-3-2-4-19-22(18)28-23(25)32-19/h2-8,13-15H,9-12H2,1H3,(H2,25,28). The van der Waals surface area contributed by atoms with Gasteiger partial charge in [0.1, 0.15) is 18.0 Å². The molecule has 9 heteroatoms. The monoisotopic (exact) mass is 434 g/mol. The van der Waals surface area contributed by atoms with Crippen molar-refractivity contribution in [3.8, 4) is 11.6 Å². The number of aromatic nitrogens is 3.